The number of rotatable bonds is 3. The molecule has 7 atom stereocenters. The van der Waals surface area contributed by atoms with Crippen LogP contribution >= 0.6 is 23.2 Å². The van der Waals surface area contributed by atoms with Crippen LogP contribution in [0.3, 0.4) is 0 Å². The van der Waals surface area contributed by atoms with Gasteiger partial charge in [-0.3, -0.25) is 19.2 Å². The SMILES string of the molecule is Cc1c(Cl)cccc1N1C(=O)[C@@H]2[C@H]3C=C[C@@H](C4=C(c5ccccc5)C[C@H]5C(=O)N(c6cccc(Cl)c6C)C(=O)[C@H]5[C@H]43)[C@H]2C1=O. The number of imide groups is 2. The second-order valence-electron chi connectivity index (χ2n) is 12.5. The van der Waals surface area contributed by atoms with Crippen LogP contribution in [0.2, 0.25) is 10.0 Å². The molecule has 0 spiro atoms. The topological polar surface area (TPSA) is 74.8 Å². The van der Waals surface area contributed by atoms with Gasteiger partial charge in [-0.05, 0) is 72.7 Å². The Hall–Kier alpha value is -4.00. The maximum Gasteiger partial charge on any atom is 0.238 e. The van der Waals surface area contributed by atoms with Crippen molar-refractivity contribution in [2.45, 2.75) is 20.3 Å². The van der Waals surface area contributed by atoms with E-state index in [0.717, 1.165) is 16.7 Å². The van der Waals surface area contributed by atoms with Gasteiger partial charge in [-0.1, -0.05) is 83.4 Å². The summed E-state index contributed by atoms with van der Waals surface area (Å²) in [6, 6.07) is 20.4. The first-order valence-electron chi connectivity index (χ1n) is 14.9. The lowest BCUT2D eigenvalue weighted by Gasteiger charge is -2.51. The first-order chi connectivity index (χ1) is 21.2. The number of carbonyl (C=O) groups excluding carboxylic acids is 4. The number of hydrogen-bond donors (Lipinski definition) is 0. The molecule has 4 aliphatic carbocycles. The summed E-state index contributed by atoms with van der Waals surface area (Å²) in [5, 5.41) is 0.965. The fraction of sp³-hybridized carbons (Fsp3) is 0.278. The van der Waals surface area contributed by atoms with Crippen LogP contribution in [0.1, 0.15) is 23.1 Å². The number of allylic oxidation sites excluding steroid dienone is 4. The molecule has 2 saturated heterocycles. The molecule has 0 unspecified atom stereocenters. The fourth-order valence-corrected chi connectivity index (χ4v) is 9.01. The lowest BCUT2D eigenvalue weighted by molar-refractivity contribution is -0.129. The van der Waals surface area contributed by atoms with E-state index >= 15 is 0 Å². The monoisotopic (exact) mass is 622 g/mol. The zero-order valence-corrected chi connectivity index (χ0v) is 25.5. The molecule has 44 heavy (non-hydrogen) atoms. The Labute approximate surface area is 264 Å². The normalized spacial score (nSPS) is 30.3. The third-order valence-electron chi connectivity index (χ3n) is 10.6. The highest BCUT2D eigenvalue weighted by molar-refractivity contribution is 6.33. The summed E-state index contributed by atoms with van der Waals surface area (Å²) >= 11 is 12.9. The molecule has 2 aliphatic heterocycles. The highest BCUT2D eigenvalue weighted by Gasteiger charge is 2.67. The second kappa shape index (κ2) is 9.75. The van der Waals surface area contributed by atoms with E-state index in [2.05, 4.69) is 6.08 Å². The van der Waals surface area contributed by atoms with Gasteiger partial charge in [0.05, 0.1) is 35.0 Å². The minimum absolute atomic E-state index is 0.241. The smallest absolute Gasteiger partial charge is 0.238 e. The molecule has 220 valence electrons. The van der Waals surface area contributed by atoms with E-state index in [-0.39, 0.29) is 29.5 Å². The Morgan fingerprint density at radius 1 is 0.614 bits per heavy atom. The molecule has 8 heteroatoms. The molecule has 0 aromatic heterocycles. The minimum Gasteiger partial charge on any atom is -0.274 e. The molecule has 6 nitrogen and oxygen atoms in total. The molecule has 3 aromatic carbocycles. The van der Waals surface area contributed by atoms with Gasteiger partial charge in [0, 0.05) is 21.9 Å². The van der Waals surface area contributed by atoms with Gasteiger partial charge in [-0.25, -0.2) is 9.80 Å². The van der Waals surface area contributed by atoms with Crippen molar-refractivity contribution < 1.29 is 19.2 Å². The number of anilines is 2. The summed E-state index contributed by atoms with van der Waals surface area (Å²) < 4.78 is 0. The lowest BCUT2D eigenvalue weighted by Crippen LogP contribution is -2.51. The Bertz CT molecular complexity index is 1880. The Kier molecular flexibility index (Phi) is 6.10. The molecule has 2 heterocycles. The zero-order chi connectivity index (χ0) is 30.6. The van der Waals surface area contributed by atoms with Crippen molar-refractivity contribution in [2.75, 3.05) is 9.80 Å². The fourth-order valence-electron chi connectivity index (χ4n) is 8.67. The van der Waals surface area contributed by atoms with E-state index in [4.69, 9.17) is 23.2 Å². The molecule has 3 fully saturated rings. The number of carbonyl (C=O) groups is 4. The predicted octanol–water partition coefficient (Wildman–Crippen LogP) is 6.81. The standard InChI is InChI=1S/C36H28Cl2N2O4/c1-17-24(37)10-6-12-26(17)39-33(41)23-16-22(19-8-4-3-5-9-19)28-20-14-15-21(29(28)32(23)36(39)44)31-30(20)34(42)40(35(31)43)27-13-7-11-25(38)18(27)2/h3-15,20-21,23,29-32H,16H2,1-2H3/t20-,21-,23+,29-,30+,31+,32+/m0/s1. The zero-order valence-electron chi connectivity index (χ0n) is 24.0. The van der Waals surface area contributed by atoms with Crippen molar-refractivity contribution in [1.29, 1.82) is 0 Å². The average molecular weight is 624 g/mol. The van der Waals surface area contributed by atoms with Crippen LogP contribution in [-0.4, -0.2) is 23.6 Å². The molecule has 3 aromatic rings. The molecular weight excluding hydrogens is 595 g/mol. The highest BCUT2D eigenvalue weighted by Crippen LogP contribution is 2.63. The van der Waals surface area contributed by atoms with Gasteiger partial charge < -0.3 is 0 Å². The first-order valence-corrected chi connectivity index (χ1v) is 15.7. The van der Waals surface area contributed by atoms with Crippen LogP contribution in [0.4, 0.5) is 11.4 Å². The van der Waals surface area contributed by atoms with E-state index < -0.39 is 35.5 Å². The van der Waals surface area contributed by atoms with E-state index in [0.29, 0.717) is 39.0 Å². The number of amides is 4. The molecule has 9 rings (SSSR count). The van der Waals surface area contributed by atoms with Crippen molar-refractivity contribution >= 4 is 63.8 Å². The number of halogens is 2. The summed E-state index contributed by atoms with van der Waals surface area (Å²) in [4.78, 5) is 59.8. The van der Waals surface area contributed by atoms with Gasteiger partial charge in [0.1, 0.15) is 0 Å². The lowest BCUT2D eigenvalue weighted by atomic mass is 9.49. The maximum absolute atomic E-state index is 14.4. The molecule has 4 amide bonds. The summed E-state index contributed by atoms with van der Waals surface area (Å²) in [7, 11) is 0. The molecule has 0 N–H and O–H groups in total. The van der Waals surface area contributed by atoms with Crippen LogP contribution < -0.4 is 9.80 Å². The van der Waals surface area contributed by atoms with Gasteiger partial charge in [-0.2, -0.15) is 0 Å². The number of benzene rings is 3. The molecule has 6 aliphatic rings. The third-order valence-corrected chi connectivity index (χ3v) is 11.4. The van der Waals surface area contributed by atoms with Gasteiger partial charge in [0.15, 0.2) is 0 Å². The highest BCUT2D eigenvalue weighted by atomic mass is 35.5. The summed E-state index contributed by atoms with van der Waals surface area (Å²) in [6.07, 6.45) is 4.46. The first kappa shape index (κ1) is 27.5. The summed E-state index contributed by atoms with van der Waals surface area (Å²) in [5.41, 5.74) is 5.31. The van der Waals surface area contributed by atoms with E-state index in [1.54, 1.807) is 36.4 Å². The maximum atomic E-state index is 14.4. The predicted molar refractivity (Wildman–Crippen MR) is 169 cm³/mol. The van der Waals surface area contributed by atoms with Crippen LogP contribution in [-0.2, 0) is 19.2 Å². The average Bonchev–Trinajstić information content (AvgIpc) is 3.45. The molecule has 1 saturated carbocycles. The molecular formula is C36H28Cl2N2O4. The van der Waals surface area contributed by atoms with Gasteiger partial charge >= 0.3 is 0 Å². The van der Waals surface area contributed by atoms with Gasteiger partial charge in [-0.15, -0.1) is 0 Å². The van der Waals surface area contributed by atoms with Crippen molar-refractivity contribution in [3.63, 3.8) is 0 Å². The molecule has 0 radical (unpaired) electrons. The van der Waals surface area contributed by atoms with Crippen LogP contribution in [0.15, 0.2) is 84.5 Å². The number of nitrogens with zero attached hydrogens (tertiary/aromatic N) is 2. The van der Waals surface area contributed by atoms with Crippen molar-refractivity contribution in [1.82, 2.24) is 0 Å². The Morgan fingerprint density at radius 2 is 1.18 bits per heavy atom. The van der Waals surface area contributed by atoms with Crippen molar-refractivity contribution in [3.05, 3.63) is 111 Å². The second-order valence-corrected chi connectivity index (χ2v) is 13.3. The molecule has 2 bridgehead atoms. The third kappa shape index (κ3) is 3.55. The number of fused-ring (bicyclic) bond motifs is 1. The van der Waals surface area contributed by atoms with E-state index in [9.17, 15) is 19.2 Å². The van der Waals surface area contributed by atoms with E-state index in [1.807, 2.05) is 50.3 Å². The Morgan fingerprint density at radius 3 is 1.82 bits per heavy atom. The van der Waals surface area contributed by atoms with E-state index in [1.165, 1.54) is 9.80 Å². The summed E-state index contributed by atoms with van der Waals surface area (Å²) in [5.74, 6) is -4.65. The van der Waals surface area contributed by atoms with Crippen molar-refractivity contribution in [3.8, 4) is 0 Å². The van der Waals surface area contributed by atoms with Crippen molar-refractivity contribution in [2.24, 2.45) is 41.4 Å². The largest absolute Gasteiger partial charge is 0.274 e. The van der Waals surface area contributed by atoms with Crippen LogP contribution in [0.25, 0.3) is 5.57 Å². The van der Waals surface area contributed by atoms with Gasteiger partial charge in [0.25, 0.3) is 0 Å². The Balaban J connectivity index is 1.30. The quantitative estimate of drug-likeness (QED) is 0.237. The van der Waals surface area contributed by atoms with Crippen LogP contribution in [0, 0.1) is 55.3 Å². The van der Waals surface area contributed by atoms with Crippen LogP contribution in [0.5, 0.6) is 0 Å². The van der Waals surface area contributed by atoms with Gasteiger partial charge in [0.2, 0.25) is 23.6 Å². The minimum atomic E-state index is -0.647. The summed E-state index contributed by atoms with van der Waals surface area (Å²) in [6.45, 7) is 3.62. The number of hydrogen-bond acceptors (Lipinski definition) is 4.